The molecule has 0 bridgehead atoms. The lowest BCUT2D eigenvalue weighted by atomic mass is 10.1. The van der Waals surface area contributed by atoms with Gasteiger partial charge in [0.25, 0.3) is 0 Å². The Labute approximate surface area is 135 Å². The van der Waals surface area contributed by atoms with Gasteiger partial charge in [-0.1, -0.05) is 22.8 Å². The highest BCUT2D eigenvalue weighted by Gasteiger charge is 2.23. The van der Waals surface area contributed by atoms with Crippen LogP contribution in [0.3, 0.4) is 0 Å². The minimum Gasteiger partial charge on any atom is -0.479 e. The van der Waals surface area contributed by atoms with Gasteiger partial charge in [-0.25, -0.2) is 9.18 Å². The van der Waals surface area contributed by atoms with Crippen LogP contribution in [0.2, 0.25) is 5.02 Å². The van der Waals surface area contributed by atoms with Crippen LogP contribution in [-0.4, -0.2) is 27.1 Å². The van der Waals surface area contributed by atoms with Crippen LogP contribution in [0.1, 0.15) is 29.7 Å². The van der Waals surface area contributed by atoms with E-state index in [2.05, 4.69) is 15.5 Å². The van der Waals surface area contributed by atoms with Crippen LogP contribution >= 0.6 is 11.6 Å². The largest absolute Gasteiger partial charge is 0.479 e. The summed E-state index contributed by atoms with van der Waals surface area (Å²) in [5, 5.41) is 15.0. The second-order valence-electron chi connectivity index (χ2n) is 4.75. The molecule has 1 atom stereocenters. The van der Waals surface area contributed by atoms with Crippen molar-refractivity contribution in [3.63, 3.8) is 0 Å². The van der Waals surface area contributed by atoms with Crippen LogP contribution in [-0.2, 0) is 16.0 Å². The fourth-order valence-electron chi connectivity index (χ4n) is 1.87. The molecule has 0 aliphatic rings. The van der Waals surface area contributed by atoms with Gasteiger partial charge in [0.1, 0.15) is 5.82 Å². The summed E-state index contributed by atoms with van der Waals surface area (Å²) in [4.78, 5) is 27.1. The Balaban J connectivity index is 2.02. The summed E-state index contributed by atoms with van der Waals surface area (Å²) in [6.07, 6.45) is 0.134. The fourth-order valence-corrected chi connectivity index (χ4v) is 1.99. The number of hydrogen-bond acceptors (Lipinski definition) is 5. The van der Waals surface area contributed by atoms with Crippen molar-refractivity contribution < 1.29 is 23.6 Å². The van der Waals surface area contributed by atoms with E-state index in [4.69, 9.17) is 16.1 Å². The molecule has 0 aliphatic heterocycles. The summed E-state index contributed by atoms with van der Waals surface area (Å²) in [7, 11) is 0. The van der Waals surface area contributed by atoms with Crippen molar-refractivity contribution in [2.24, 2.45) is 0 Å². The van der Waals surface area contributed by atoms with Gasteiger partial charge in [-0.05, 0) is 24.6 Å². The lowest BCUT2D eigenvalue weighted by molar-refractivity contribution is -0.142. The molecule has 0 saturated carbocycles. The summed E-state index contributed by atoms with van der Waals surface area (Å²) in [5.41, 5.74) is 0.0846. The summed E-state index contributed by atoms with van der Waals surface area (Å²) in [6, 6.07) is 2.17. The van der Waals surface area contributed by atoms with Gasteiger partial charge >= 0.3 is 5.97 Å². The highest BCUT2D eigenvalue weighted by molar-refractivity contribution is 6.30. The summed E-state index contributed by atoms with van der Waals surface area (Å²) >= 11 is 5.56. The number of carbonyl (C=O) groups is 2. The Morgan fingerprint density at radius 3 is 2.78 bits per heavy atom. The molecule has 1 amide bonds. The molecule has 2 aromatic rings. The minimum atomic E-state index is -1.38. The molecular weight excluding hydrogens is 329 g/mol. The molecule has 0 saturated heterocycles. The molecule has 1 aromatic carbocycles. The van der Waals surface area contributed by atoms with E-state index in [9.17, 15) is 19.1 Å². The van der Waals surface area contributed by atoms with E-state index >= 15 is 0 Å². The van der Waals surface area contributed by atoms with Crippen molar-refractivity contribution in [1.29, 1.82) is 0 Å². The lowest BCUT2D eigenvalue weighted by Gasteiger charge is -2.15. The molecular formula is C14H13ClFN3O4. The predicted octanol–water partition coefficient (Wildman–Crippen LogP) is 2.05. The van der Waals surface area contributed by atoms with Crippen LogP contribution in [0, 0.1) is 12.7 Å². The summed E-state index contributed by atoms with van der Waals surface area (Å²) < 4.78 is 18.3. The Bertz CT molecular complexity index is 735. The topological polar surface area (TPSA) is 105 Å². The second-order valence-corrected chi connectivity index (χ2v) is 5.15. The van der Waals surface area contributed by atoms with E-state index in [-0.39, 0.29) is 29.3 Å². The number of nitrogens with one attached hydrogen (secondary N) is 1. The minimum absolute atomic E-state index is 0.0402. The lowest BCUT2D eigenvalue weighted by Crippen LogP contribution is -2.34. The van der Waals surface area contributed by atoms with Crippen LogP contribution in [0.5, 0.6) is 0 Å². The van der Waals surface area contributed by atoms with Crippen molar-refractivity contribution in [2.45, 2.75) is 25.8 Å². The molecule has 1 aromatic heterocycles. The first kappa shape index (κ1) is 16.9. The fraction of sp³-hybridized carbons (Fsp3) is 0.286. The van der Waals surface area contributed by atoms with Crippen molar-refractivity contribution in [3.8, 4) is 0 Å². The third-order valence-corrected chi connectivity index (χ3v) is 3.27. The average molecular weight is 342 g/mol. The van der Waals surface area contributed by atoms with Gasteiger partial charge in [-0.15, -0.1) is 0 Å². The van der Waals surface area contributed by atoms with Gasteiger partial charge in [-0.2, -0.15) is 4.98 Å². The quantitative estimate of drug-likeness (QED) is 0.833. The average Bonchev–Trinajstić information content (AvgIpc) is 2.91. The zero-order chi connectivity index (χ0) is 17.0. The third kappa shape index (κ3) is 4.49. The molecule has 0 aliphatic carbocycles. The van der Waals surface area contributed by atoms with E-state index in [1.54, 1.807) is 6.92 Å². The Kier molecular flexibility index (Phi) is 5.28. The number of carbonyl (C=O) groups excluding carboxylic acids is 1. The first-order valence-corrected chi connectivity index (χ1v) is 7.01. The van der Waals surface area contributed by atoms with Gasteiger partial charge in [0, 0.05) is 12.8 Å². The molecule has 7 nitrogen and oxygen atoms in total. The third-order valence-electron chi connectivity index (χ3n) is 2.96. The molecule has 1 unspecified atom stereocenters. The number of rotatable bonds is 6. The van der Waals surface area contributed by atoms with Crippen LogP contribution < -0.4 is 5.32 Å². The summed E-state index contributed by atoms with van der Waals surface area (Å²) in [5.74, 6) is -1.88. The highest BCUT2D eigenvalue weighted by Crippen LogP contribution is 2.20. The van der Waals surface area contributed by atoms with Gasteiger partial charge in [0.05, 0.1) is 5.02 Å². The van der Waals surface area contributed by atoms with Gasteiger partial charge in [-0.3, -0.25) is 4.79 Å². The van der Waals surface area contributed by atoms with Crippen LogP contribution in [0.4, 0.5) is 4.39 Å². The van der Waals surface area contributed by atoms with E-state index in [0.717, 1.165) is 6.07 Å². The zero-order valence-corrected chi connectivity index (χ0v) is 12.8. The number of amides is 1. The number of benzene rings is 1. The number of aryl methyl sites for hydroxylation is 2. The maximum Gasteiger partial charge on any atom is 0.330 e. The van der Waals surface area contributed by atoms with Crippen LogP contribution in [0.25, 0.3) is 0 Å². The molecule has 2 rings (SSSR count). The maximum atomic E-state index is 13.4. The van der Waals surface area contributed by atoms with E-state index in [1.165, 1.54) is 12.1 Å². The van der Waals surface area contributed by atoms with E-state index < -0.39 is 23.7 Å². The van der Waals surface area contributed by atoms with E-state index in [1.807, 2.05) is 0 Å². The molecule has 0 spiro atoms. The molecule has 122 valence electrons. The zero-order valence-electron chi connectivity index (χ0n) is 12.0. The molecule has 2 N–H and O–H groups in total. The Hall–Kier alpha value is -2.48. The van der Waals surface area contributed by atoms with Gasteiger partial charge in [0.2, 0.25) is 11.8 Å². The molecule has 9 heteroatoms. The Morgan fingerprint density at radius 2 is 2.22 bits per heavy atom. The second kappa shape index (κ2) is 7.19. The molecule has 0 radical (unpaired) electrons. The number of halogens is 2. The van der Waals surface area contributed by atoms with Gasteiger partial charge < -0.3 is 14.9 Å². The monoisotopic (exact) mass is 341 g/mol. The van der Waals surface area contributed by atoms with E-state index in [0.29, 0.717) is 5.82 Å². The first-order valence-electron chi connectivity index (χ1n) is 6.63. The Morgan fingerprint density at radius 1 is 1.48 bits per heavy atom. The predicted molar refractivity (Wildman–Crippen MR) is 77.3 cm³/mol. The normalized spacial score (nSPS) is 12.0. The molecule has 1 heterocycles. The molecule has 23 heavy (non-hydrogen) atoms. The first-order chi connectivity index (χ1) is 10.9. The SMILES string of the molecule is Cc1noc(CCC(=O)NC(C(=O)O)c2ccc(Cl)c(F)c2)n1. The van der Waals surface area contributed by atoms with Crippen molar-refractivity contribution in [1.82, 2.24) is 15.5 Å². The van der Waals surface area contributed by atoms with Gasteiger partial charge in [0.15, 0.2) is 11.9 Å². The number of aliphatic carboxylic acids is 1. The number of carboxylic acid groups (broad SMARTS) is 1. The number of carboxylic acids is 1. The number of hydrogen-bond donors (Lipinski definition) is 2. The summed E-state index contributed by atoms with van der Waals surface area (Å²) in [6.45, 7) is 1.64. The standard InChI is InChI=1S/C14H13ClFN3O4/c1-7-17-12(23-19-7)5-4-11(20)18-13(14(21)22)8-2-3-9(15)10(16)6-8/h2-3,6,13H,4-5H2,1H3,(H,18,20)(H,21,22). The maximum absolute atomic E-state index is 13.4. The van der Waals surface area contributed by atoms with Crippen molar-refractivity contribution >= 4 is 23.5 Å². The molecule has 0 fully saturated rings. The van der Waals surface area contributed by atoms with Crippen molar-refractivity contribution in [2.75, 3.05) is 0 Å². The number of nitrogens with zero attached hydrogens (tertiary/aromatic N) is 2. The van der Waals surface area contributed by atoms with Crippen molar-refractivity contribution in [3.05, 3.63) is 46.3 Å². The number of aromatic nitrogens is 2. The highest BCUT2D eigenvalue weighted by atomic mass is 35.5. The smallest absolute Gasteiger partial charge is 0.330 e. The van der Waals surface area contributed by atoms with Crippen LogP contribution in [0.15, 0.2) is 22.7 Å².